The lowest BCUT2D eigenvalue weighted by atomic mass is 10.1. The average molecular weight is 314 g/mol. The van der Waals surface area contributed by atoms with Crippen molar-refractivity contribution >= 4 is 11.6 Å². The van der Waals surface area contributed by atoms with E-state index in [1.807, 2.05) is 36.2 Å². The molecular formula is C18H22N2O3. The largest absolute Gasteiger partial charge is 0.497 e. The van der Waals surface area contributed by atoms with Gasteiger partial charge in [0.1, 0.15) is 5.75 Å². The van der Waals surface area contributed by atoms with Crippen LogP contribution in [0.25, 0.3) is 0 Å². The maximum atomic E-state index is 12.3. The maximum Gasteiger partial charge on any atom is 0.255 e. The SMILES string of the molecule is COc1ccc(C(=O)Nc2cccc(CN(C)CCO)c2)cc1. The van der Waals surface area contributed by atoms with Crippen molar-refractivity contribution in [3.8, 4) is 5.75 Å². The van der Waals surface area contributed by atoms with Gasteiger partial charge in [0.25, 0.3) is 5.91 Å². The number of ether oxygens (including phenoxy) is 1. The lowest BCUT2D eigenvalue weighted by molar-refractivity contribution is 0.102. The predicted octanol–water partition coefficient (Wildman–Crippen LogP) is 2.37. The molecule has 0 aliphatic heterocycles. The van der Waals surface area contributed by atoms with Crippen molar-refractivity contribution in [2.75, 3.05) is 32.6 Å². The molecule has 2 aromatic rings. The van der Waals surface area contributed by atoms with E-state index < -0.39 is 0 Å². The van der Waals surface area contributed by atoms with Crippen LogP contribution >= 0.6 is 0 Å². The Bertz CT molecular complexity index is 641. The smallest absolute Gasteiger partial charge is 0.255 e. The fourth-order valence-corrected chi connectivity index (χ4v) is 2.25. The van der Waals surface area contributed by atoms with E-state index in [0.717, 1.165) is 17.0 Å². The topological polar surface area (TPSA) is 61.8 Å². The molecule has 0 aliphatic rings. The molecule has 23 heavy (non-hydrogen) atoms. The maximum absolute atomic E-state index is 12.3. The van der Waals surface area contributed by atoms with Crippen molar-refractivity contribution in [1.29, 1.82) is 0 Å². The minimum atomic E-state index is -0.159. The highest BCUT2D eigenvalue weighted by Gasteiger charge is 2.07. The van der Waals surface area contributed by atoms with Crippen LogP contribution in [0.5, 0.6) is 5.75 Å². The van der Waals surface area contributed by atoms with Crippen LogP contribution in [0.4, 0.5) is 5.69 Å². The second kappa shape index (κ2) is 8.31. The number of nitrogens with one attached hydrogen (secondary N) is 1. The van der Waals surface area contributed by atoms with Gasteiger partial charge >= 0.3 is 0 Å². The van der Waals surface area contributed by atoms with E-state index in [1.54, 1.807) is 31.4 Å². The number of aliphatic hydroxyl groups excluding tert-OH is 1. The number of carbonyl (C=O) groups excluding carboxylic acids is 1. The van der Waals surface area contributed by atoms with Crippen molar-refractivity contribution < 1.29 is 14.6 Å². The highest BCUT2D eigenvalue weighted by Crippen LogP contribution is 2.15. The Hall–Kier alpha value is -2.37. The molecule has 0 saturated carbocycles. The van der Waals surface area contributed by atoms with Crippen molar-refractivity contribution in [1.82, 2.24) is 4.90 Å². The first-order valence-corrected chi connectivity index (χ1v) is 7.46. The van der Waals surface area contributed by atoms with Crippen molar-refractivity contribution in [3.05, 3.63) is 59.7 Å². The van der Waals surface area contributed by atoms with Gasteiger partial charge in [-0.3, -0.25) is 9.69 Å². The summed E-state index contributed by atoms with van der Waals surface area (Å²) in [5, 5.41) is 11.8. The summed E-state index contributed by atoms with van der Waals surface area (Å²) >= 11 is 0. The van der Waals surface area contributed by atoms with E-state index in [9.17, 15) is 4.79 Å². The third-order valence-corrected chi connectivity index (χ3v) is 3.47. The van der Waals surface area contributed by atoms with E-state index in [1.165, 1.54) is 0 Å². The number of aliphatic hydroxyl groups is 1. The Kier molecular flexibility index (Phi) is 6.14. The first-order chi connectivity index (χ1) is 11.1. The molecule has 0 spiro atoms. The highest BCUT2D eigenvalue weighted by atomic mass is 16.5. The molecule has 2 aromatic carbocycles. The number of methoxy groups -OCH3 is 1. The molecule has 5 heteroatoms. The van der Waals surface area contributed by atoms with Gasteiger partial charge in [-0.05, 0) is 49.0 Å². The molecule has 0 bridgehead atoms. The Morgan fingerprint density at radius 3 is 2.61 bits per heavy atom. The lowest BCUT2D eigenvalue weighted by Gasteiger charge is -2.15. The van der Waals surface area contributed by atoms with Crippen LogP contribution in [0, 0.1) is 0 Å². The summed E-state index contributed by atoms with van der Waals surface area (Å²) < 4.78 is 5.09. The summed E-state index contributed by atoms with van der Waals surface area (Å²) in [7, 11) is 3.53. The third-order valence-electron chi connectivity index (χ3n) is 3.47. The minimum absolute atomic E-state index is 0.129. The summed E-state index contributed by atoms with van der Waals surface area (Å²) in [5.41, 5.74) is 2.41. The fraction of sp³-hybridized carbons (Fsp3) is 0.278. The van der Waals surface area contributed by atoms with Crippen LogP contribution < -0.4 is 10.1 Å². The zero-order valence-corrected chi connectivity index (χ0v) is 13.5. The second-order valence-corrected chi connectivity index (χ2v) is 5.34. The summed E-state index contributed by atoms with van der Waals surface area (Å²) in [4.78, 5) is 14.3. The van der Waals surface area contributed by atoms with Gasteiger partial charge in [-0.15, -0.1) is 0 Å². The number of rotatable bonds is 7. The molecule has 5 nitrogen and oxygen atoms in total. The molecule has 122 valence electrons. The first-order valence-electron chi connectivity index (χ1n) is 7.46. The molecule has 1 amide bonds. The van der Waals surface area contributed by atoms with Gasteiger partial charge in [-0.1, -0.05) is 12.1 Å². The molecule has 0 radical (unpaired) electrons. The highest BCUT2D eigenvalue weighted by molar-refractivity contribution is 6.04. The van der Waals surface area contributed by atoms with Crippen molar-refractivity contribution in [2.24, 2.45) is 0 Å². The number of hydrogen-bond donors (Lipinski definition) is 2. The van der Waals surface area contributed by atoms with Gasteiger partial charge in [0.2, 0.25) is 0 Å². The predicted molar refractivity (Wildman–Crippen MR) is 90.8 cm³/mol. The van der Waals surface area contributed by atoms with Gasteiger partial charge in [0.15, 0.2) is 0 Å². The number of carbonyl (C=O) groups is 1. The second-order valence-electron chi connectivity index (χ2n) is 5.34. The van der Waals surface area contributed by atoms with E-state index in [4.69, 9.17) is 9.84 Å². The third kappa shape index (κ3) is 5.09. The Balaban J connectivity index is 2.02. The lowest BCUT2D eigenvalue weighted by Crippen LogP contribution is -2.21. The number of likely N-dealkylation sites (N-methyl/N-ethyl adjacent to an activating group) is 1. The molecule has 0 aromatic heterocycles. The zero-order valence-electron chi connectivity index (χ0n) is 13.5. The van der Waals surface area contributed by atoms with Gasteiger partial charge in [0.05, 0.1) is 13.7 Å². The molecule has 0 saturated heterocycles. The number of hydrogen-bond acceptors (Lipinski definition) is 4. The quantitative estimate of drug-likeness (QED) is 0.824. The molecular weight excluding hydrogens is 292 g/mol. The monoisotopic (exact) mass is 314 g/mol. The van der Waals surface area contributed by atoms with E-state index in [0.29, 0.717) is 18.7 Å². The summed E-state index contributed by atoms with van der Waals surface area (Å²) in [6.45, 7) is 1.46. The first kappa shape index (κ1) is 17.0. The van der Waals surface area contributed by atoms with E-state index >= 15 is 0 Å². The van der Waals surface area contributed by atoms with Gasteiger partial charge < -0.3 is 15.2 Å². The summed E-state index contributed by atoms with van der Waals surface area (Å²) in [5.74, 6) is 0.559. The van der Waals surface area contributed by atoms with Crippen LogP contribution in [-0.4, -0.2) is 43.2 Å². The van der Waals surface area contributed by atoms with Gasteiger partial charge in [-0.2, -0.15) is 0 Å². The van der Waals surface area contributed by atoms with Crippen molar-refractivity contribution in [3.63, 3.8) is 0 Å². The van der Waals surface area contributed by atoms with Crippen LogP contribution in [0.1, 0.15) is 15.9 Å². The molecule has 0 heterocycles. The normalized spacial score (nSPS) is 10.6. The molecule has 0 atom stereocenters. The number of benzene rings is 2. The fourth-order valence-electron chi connectivity index (χ4n) is 2.25. The minimum Gasteiger partial charge on any atom is -0.497 e. The van der Waals surface area contributed by atoms with Gasteiger partial charge in [-0.25, -0.2) is 0 Å². The Morgan fingerprint density at radius 1 is 1.22 bits per heavy atom. The Morgan fingerprint density at radius 2 is 1.96 bits per heavy atom. The standard InChI is InChI=1S/C18H22N2O3/c1-20(10-11-21)13-14-4-3-5-16(12-14)19-18(22)15-6-8-17(23-2)9-7-15/h3-9,12,21H,10-11,13H2,1-2H3,(H,19,22). The molecule has 0 fully saturated rings. The van der Waals surface area contributed by atoms with Crippen molar-refractivity contribution in [2.45, 2.75) is 6.54 Å². The number of nitrogens with zero attached hydrogens (tertiary/aromatic N) is 1. The van der Waals surface area contributed by atoms with Crippen LogP contribution in [0.3, 0.4) is 0 Å². The van der Waals surface area contributed by atoms with Crippen LogP contribution in [-0.2, 0) is 6.54 Å². The summed E-state index contributed by atoms with van der Waals surface area (Å²) in [6.07, 6.45) is 0. The van der Waals surface area contributed by atoms with Gasteiger partial charge in [0, 0.05) is 24.3 Å². The molecule has 2 rings (SSSR count). The Labute approximate surface area is 136 Å². The molecule has 2 N–H and O–H groups in total. The zero-order chi connectivity index (χ0) is 16.7. The summed E-state index contributed by atoms with van der Waals surface area (Å²) in [6, 6.07) is 14.7. The number of anilines is 1. The molecule has 0 aliphatic carbocycles. The van der Waals surface area contributed by atoms with Crippen LogP contribution in [0.15, 0.2) is 48.5 Å². The molecule has 0 unspecified atom stereocenters. The average Bonchev–Trinajstić information content (AvgIpc) is 2.55. The van der Waals surface area contributed by atoms with E-state index in [2.05, 4.69) is 5.32 Å². The number of amides is 1. The van der Waals surface area contributed by atoms with E-state index in [-0.39, 0.29) is 12.5 Å². The van der Waals surface area contributed by atoms with Crippen LogP contribution in [0.2, 0.25) is 0 Å².